The van der Waals surface area contributed by atoms with E-state index in [2.05, 4.69) is 17.6 Å². The maximum absolute atomic E-state index is 12.2. The highest BCUT2D eigenvalue weighted by atomic mass is 16.4. The Morgan fingerprint density at radius 3 is 2.67 bits per heavy atom. The minimum atomic E-state index is -0.825. The molecule has 102 valence electrons. The van der Waals surface area contributed by atoms with Crippen molar-refractivity contribution in [3.63, 3.8) is 0 Å². The Labute approximate surface area is 107 Å². The van der Waals surface area contributed by atoms with Crippen LogP contribution in [0.1, 0.15) is 45.4 Å². The highest BCUT2D eigenvalue weighted by Crippen LogP contribution is 2.35. The van der Waals surface area contributed by atoms with E-state index in [1.54, 1.807) is 0 Å². The third-order valence-electron chi connectivity index (χ3n) is 4.18. The number of carbonyl (C=O) groups is 2. The summed E-state index contributed by atoms with van der Waals surface area (Å²) in [6, 6.07) is 0.367. The molecule has 1 saturated heterocycles. The summed E-state index contributed by atoms with van der Waals surface area (Å²) in [5.74, 6) is -0.745. The second kappa shape index (κ2) is 5.26. The fourth-order valence-corrected chi connectivity index (χ4v) is 2.97. The number of amides is 1. The van der Waals surface area contributed by atoms with Crippen molar-refractivity contribution in [3.05, 3.63) is 0 Å². The summed E-state index contributed by atoms with van der Waals surface area (Å²) in [6.07, 6.45) is 4.35. The molecule has 1 amide bonds. The second-order valence-electron chi connectivity index (χ2n) is 5.77. The van der Waals surface area contributed by atoms with Crippen molar-refractivity contribution in [1.82, 2.24) is 10.6 Å². The van der Waals surface area contributed by atoms with Gasteiger partial charge in [0.1, 0.15) is 0 Å². The molecule has 2 aliphatic rings. The molecule has 3 N–H and O–H groups in total. The van der Waals surface area contributed by atoms with Crippen LogP contribution in [0.3, 0.4) is 0 Å². The molecule has 0 spiro atoms. The summed E-state index contributed by atoms with van der Waals surface area (Å²) in [4.78, 5) is 23.1. The quantitative estimate of drug-likeness (QED) is 0.696. The van der Waals surface area contributed by atoms with E-state index in [-0.39, 0.29) is 18.2 Å². The molecular weight excluding hydrogens is 232 g/mol. The third kappa shape index (κ3) is 3.02. The van der Waals surface area contributed by atoms with E-state index in [1.807, 2.05) is 0 Å². The molecule has 1 aliphatic heterocycles. The van der Waals surface area contributed by atoms with Crippen LogP contribution in [0.2, 0.25) is 0 Å². The summed E-state index contributed by atoms with van der Waals surface area (Å²) in [6.45, 7) is 2.95. The fourth-order valence-electron chi connectivity index (χ4n) is 2.97. The second-order valence-corrected chi connectivity index (χ2v) is 5.77. The zero-order chi connectivity index (χ0) is 13.2. The molecule has 0 bridgehead atoms. The lowest BCUT2D eigenvalue weighted by Crippen LogP contribution is -2.57. The van der Waals surface area contributed by atoms with Crippen LogP contribution in [0.15, 0.2) is 0 Å². The fraction of sp³-hybridized carbons (Fsp3) is 0.846. The van der Waals surface area contributed by atoms with Crippen LogP contribution >= 0.6 is 0 Å². The lowest BCUT2D eigenvalue weighted by molar-refractivity contribution is -0.141. The summed E-state index contributed by atoms with van der Waals surface area (Å²) in [7, 11) is 0. The minimum Gasteiger partial charge on any atom is -0.481 e. The predicted octanol–water partition coefficient (Wildman–Crippen LogP) is 0.888. The van der Waals surface area contributed by atoms with Crippen LogP contribution in [0.25, 0.3) is 0 Å². The number of aliphatic carboxylic acids is 1. The van der Waals surface area contributed by atoms with Gasteiger partial charge in [0, 0.05) is 12.0 Å². The zero-order valence-electron chi connectivity index (χ0n) is 10.9. The van der Waals surface area contributed by atoms with Gasteiger partial charge in [-0.25, -0.2) is 0 Å². The Balaban J connectivity index is 1.91. The largest absolute Gasteiger partial charge is 0.481 e. The average molecular weight is 254 g/mol. The van der Waals surface area contributed by atoms with E-state index >= 15 is 0 Å². The normalized spacial score (nSPS) is 30.3. The molecule has 5 nitrogen and oxygen atoms in total. The van der Waals surface area contributed by atoms with Crippen LogP contribution in [0.4, 0.5) is 0 Å². The van der Waals surface area contributed by atoms with Crippen molar-refractivity contribution >= 4 is 11.9 Å². The molecule has 2 rings (SSSR count). The Bertz CT molecular complexity index is 339. The molecule has 1 heterocycles. The average Bonchev–Trinajstić information content (AvgIpc) is 2.25. The van der Waals surface area contributed by atoms with Gasteiger partial charge in [-0.2, -0.15) is 0 Å². The van der Waals surface area contributed by atoms with Crippen LogP contribution in [-0.2, 0) is 9.59 Å². The number of carboxylic acids is 1. The number of hydrogen-bond donors (Lipinski definition) is 3. The molecule has 1 aliphatic carbocycles. The Morgan fingerprint density at radius 2 is 2.17 bits per heavy atom. The van der Waals surface area contributed by atoms with Gasteiger partial charge < -0.3 is 15.7 Å². The molecule has 0 aromatic rings. The smallest absolute Gasteiger partial charge is 0.305 e. The van der Waals surface area contributed by atoms with Crippen LogP contribution in [0.5, 0.6) is 0 Å². The van der Waals surface area contributed by atoms with Gasteiger partial charge in [-0.05, 0) is 45.6 Å². The Morgan fingerprint density at radius 1 is 1.44 bits per heavy atom. The van der Waals surface area contributed by atoms with Crippen LogP contribution in [-0.4, -0.2) is 35.1 Å². The predicted molar refractivity (Wildman–Crippen MR) is 67.2 cm³/mol. The number of rotatable bonds is 4. The first-order chi connectivity index (χ1) is 8.51. The van der Waals surface area contributed by atoms with Gasteiger partial charge in [-0.15, -0.1) is 0 Å². The molecule has 2 atom stereocenters. The summed E-state index contributed by atoms with van der Waals surface area (Å²) in [5, 5.41) is 15.2. The van der Waals surface area contributed by atoms with Crippen molar-refractivity contribution in [2.24, 2.45) is 5.92 Å². The molecular formula is C13H22N2O3. The number of hydrogen-bond acceptors (Lipinski definition) is 3. The monoisotopic (exact) mass is 254 g/mol. The zero-order valence-corrected chi connectivity index (χ0v) is 10.9. The molecule has 2 unspecified atom stereocenters. The number of nitrogens with one attached hydrogen (secondary N) is 2. The van der Waals surface area contributed by atoms with Gasteiger partial charge in [0.2, 0.25) is 5.91 Å². The Kier molecular flexibility index (Phi) is 3.90. The summed E-state index contributed by atoms with van der Waals surface area (Å²) >= 11 is 0. The molecule has 0 radical (unpaired) electrons. The van der Waals surface area contributed by atoms with Gasteiger partial charge >= 0.3 is 5.97 Å². The van der Waals surface area contributed by atoms with Gasteiger partial charge in [0.15, 0.2) is 0 Å². The first-order valence-electron chi connectivity index (χ1n) is 6.78. The van der Waals surface area contributed by atoms with E-state index in [9.17, 15) is 9.59 Å². The van der Waals surface area contributed by atoms with Crippen molar-refractivity contribution < 1.29 is 14.7 Å². The minimum absolute atomic E-state index is 0.0347. The third-order valence-corrected chi connectivity index (χ3v) is 4.18. The van der Waals surface area contributed by atoms with Crippen molar-refractivity contribution in [3.8, 4) is 0 Å². The van der Waals surface area contributed by atoms with Crippen molar-refractivity contribution in [2.75, 3.05) is 6.54 Å². The van der Waals surface area contributed by atoms with Gasteiger partial charge in [-0.3, -0.25) is 9.59 Å². The Hall–Kier alpha value is -1.10. The maximum Gasteiger partial charge on any atom is 0.305 e. The van der Waals surface area contributed by atoms with Gasteiger partial charge in [0.05, 0.1) is 12.0 Å². The topological polar surface area (TPSA) is 78.4 Å². The standard InChI is InChI=1S/C13H22N2O3/c1-9-7-10(3-6-14-9)12(18)15-13(4-2-5-13)8-11(16)17/h9-10,14H,2-8H2,1H3,(H,15,18)(H,16,17). The lowest BCUT2D eigenvalue weighted by atomic mass is 9.74. The summed E-state index contributed by atoms with van der Waals surface area (Å²) in [5.41, 5.74) is -0.461. The first kappa shape index (κ1) is 13.3. The lowest BCUT2D eigenvalue weighted by Gasteiger charge is -2.43. The highest BCUT2D eigenvalue weighted by molar-refractivity contribution is 5.81. The van der Waals surface area contributed by atoms with Crippen molar-refractivity contribution in [2.45, 2.75) is 57.0 Å². The summed E-state index contributed by atoms with van der Waals surface area (Å²) < 4.78 is 0. The van der Waals surface area contributed by atoms with Crippen LogP contribution < -0.4 is 10.6 Å². The molecule has 2 fully saturated rings. The van der Waals surface area contributed by atoms with Gasteiger partial charge in [-0.1, -0.05) is 0 Å². The molecule has 18 heavy (non-hydrogen) atoms. The molecule has 0 aromatic carbocycles. The van der Waals surface area contributed by atoms with E-state index in [0.717, 1.165) is 38.6 Å². The van der Waals surface area contributed by atoms with E-state index < -0.39 is 11.5 Å². The highest BCUT2D eigenvalue weighted by Gasteiger charge is 2.41. The molecule has 1 saturated carbocycles. The van der Waals surface area contributed by atoms with Crippen LogP contribution in [0, 0.1) is 5.92 Å². The number of carbonyl (C=O) groups excluding carboxylic acids is 1. The van der Waals surface area contributed by atoms with Crippen molar-refractivity contribution in [1.29, 1.82) is 0 Å². The number of piperidine rings is 1. The SMILES string of the molecule is CC1CC(C(=O)NC2(CC(=O)O)CCC2)CCN1. The van der Waals surface area contributed by atoms with E-state index in [4.69, 9.17) is 5.11 Å². The van der Waals surface area contributed by atoms with Gasteiger partial charge in [0.25, 0.3) is 0 Å². The molecule has 0 aromatic heterocycles. The number of carboxylic acid groups (broad SMARTS) is 1. The first-order valence-corrected chi connectivity index (χ1v) is 6.78. The van der Waals surface area contributed by atoms with E-state index in [0.29, 0.717) is 6.04 Å². The molecule has 5 heteroatoms. The van der Waals surface area contributed by atoms with E-state index in [1.165, 1.54) is 0 Å². The maximum atomic E-state index is 12.2.